The summed E-state index contributed by atoms with van der Waals surface area (Å²) in [5.41, 5.74) is 1.44. The first-order valence-corrected chi connectivity index (χ1v) is 5.88. The van der Waals surface area contributed by atoms with Crippen LogP contribution in [0.5, 0.6) is 0 Å². The van der Waals surface area contributed by atoms with Crippen molar-refractivity contribution in [3.8, 4) is 0 Å². The van der Waals surface area contributed by atoms with E-state index in [0.717, 1.165) is 25.6 Å². The van der Waals surface area contributed by atoms with Gasteiger partial charge in [0.05, 0.1) is 0 Å². The van der Waals surface area contributed by atoms with Gasteiger partial charge < -0.3 is 10.2 Å². The first-order valence-electron chi connectivity index (χ1n) is 5.06. The van der Waals surface area contributed by atoms with Gasteiger partial charge in [-0.3, -0.25) is 0 Å². The number of hydrogen-bond donors (Lipinski definition) is 1. The summed E-state index contributed by atoms with van der Waals surface area (Å²) in [6, 6.07) is 0. The molecule has 1 saturated heterocycles. The maximum absolute atomic E-state index is 5.85. The molecule has 2 nitrogen and oxygen atoms in total. The molecule has 0 bridgehead atoms. The highest BCUT2D eigenvalue weighted by Gasteiger charge is 2.14. The predicted molar refractivity (Wildman–Crippen MR) is 62.9 cm³/mol. The Kier molecular flexibility index (Phi) is 5.87. The van der Waals surface area contributed by atoms with E-state index in [0.29, 0.717) is 5.03 Å². The summed E-state index contributed by atoms with van der Waals surface area (Å²) in [5, 5.41) is 4.11. The molecule has 1 unspecified atom stereocenters. The van der Waals surface area contributed by atoms with Gasteiger partial charge in [0.15, 0.2) is 0 Å². The van der Waals surface area contributed by atoms with Gasteiger partial charge >= 0.3 is 0 Å². The summed E-state index contributed by atoms with van der Waals surface area (Å²) < 4.78 is 0. The van der Waals surface area contributed by atoms with Crippen LogP contribution in [-0.2, 0) is 0 Å². The summed E-state index contributed by atoms with van der Waals surface area (Å²) in [6.07, 6.45) is 2.61. The minimum absolute atomic E-state index is 0.706. The zero-order valence-electron chi connectivity index (χ0n) is 8.60. The maximum atomic E-state index is 5.85. The van der Waals surface area contributed by atoms with Gasteiger partial charge in [-0.1, -0.05) is 23.2 Å². The van der Waals surface area contributed by atoms with Gasteiger partial charge in [0, 0.05) is 23.7 Å². The highest BCUT2D eigenvalue weighted by molar-refractivity contribution is 6.36. The van der Waals surface area contributed by atoms with E-state index in [2.05, 4.69) is 17.3 Å². The fourth-order valence-corrected chi connectivity index (χ4v) is 2.15. The van der Waals surface area contributed by atoms with E-state index in [1.807, 2.05) is 0 Å². The third-order valence-corrected chi connectivity index (χ3v) is 3.11. The van der Waals surface area contributed by atoms with Gasteiger partial charge in [0.2, 0.25) is 0 Å². The number of piperidine rings is 1. The molecule has 0 amide bonds. The number of nitrogens with zero attached hydrogens (tertiary/aromatic N) is 1. The lowest BCUT2D eigenvalue weighted by Crippen LogP contribution is -2.37. The van der Waals surface area contributed by atoms with Gasteiger partial charge in [-0.25, -0.2) is 0 Å². The van der Waals surface area contributed by atoms with E-state index >= 15 is 0 Å². The second-order valence-electron chi connectivity index (χ2n) is 3.97. The molecule has 1 heterocycles. The molecule has 14 heavy (non-hydrogen) atoms. The predicted octanol–water partition coefficient (Wildman–Crippen LogP) is 2.24. The molecule has 1 aliphatic rings. The maximum Gasteiger partial charge on any atom is 0.0434 e. The zero-order chi connectivity index (χ0) is 10.4. The van der Waals surface area contributed by atoms with Crippen LogP contribution < -0.4 is 5.32 Å². The zero-order valence-corrected chi connectivity index (χ0v) is 10.1. The van der Waals surface area contributed by atoms with E-state index < -0.39 is 0 Å². The molecule has 1 fully saturated rings. The van der Waals surface area contributed by atoms with E-state index in [1.54, 1.807) is 0 Å². The SMILES string of the molecule is CN(CC(Cl)=CCl)CC1CCCNC1. The van der Waals surface area contributed by atoms with Crippen molar-refractivity contribution in [2.45, 2.75) is 12.8 Å². The van der Waals surface area contributed by atoms with Crippen LogP contribution in [0.4, 0.5) is 0 Å². The summed E-state index contributed by atoms with van der Waals surface area (Å²) in [6.45, 7) is 4.14. The summed E-state index contributed by atoms with van der Waals surface area (Å²) in [4.78, 5) is 2.22. The number of nitrogens with one attached hydrogen (secondary N) is 1. The van der Waals surface area contributed by atoms with Crippen LogP contribution in [0.3, 0.4) is 0 Å². The normalized spacial score (nSPS) is 24.3. The molecule has 4 heteroatoms. The standard InChI is InChI=1S/C10H18Cl2N2/c1-14(8-10(12)5-11)7-9-3-2-4-13-6-9/h5,9,13H,2-4,6-8H2,1H3. The Morgan fingerprint density at radius 2 is 2.43 bits per heavy atom. The molecule has 0 aromatic carbocycles. The molecule has 1 aliphatic heterocycles. The van der Waals surface area contributed by atoms with Crippen LogP contribution in [0.15, 0.2) is 10.6 Å². The van der Waals surface area contributed by atoms with Crippen molar-refractivity contribution in [3.63, 3.8) is 0 Å². The number of rotatable bonds is 4. The smallest absolute Gasteiger partial charge is 0.0434 e. The van der Waals surface area contributed by atoms with Gasteiger partial charge in [-0.15, -0.1) is 0 Å². The van der Waals surface area contributed by atoms with Crippen molar-refractivity contribution in [2.24, 2.45) is 5.92 Å². The van der Waals surface area contributed by atoms with Crippen molar-refractivity contribution in [1.82, 2.24) is 10.2 Å². The topological polar surface area (TPSA) is 15.3 Å². The third kappa shape index (κ3) is 4.65. The molecular weight excluding hydrogens is 219 g/mol. The Morgan fingerprint density at radius 3 is 3.00 bits per heavy atom. The number of likely N-dealkylation sites (N-methyl/N-ethyl adjacent to an activating group) is 1. The van der Waals surface area contributed by atoms with Crippen molar-refractivity contribution < 1.29 is 0 Å². The number of halogens is 2. The largest absolute Gasteiger partial charge is 0.316 e. The summed E-state index contributed by atoms with van der Waals surface area (Å²) in [7, 11) is 2.08. The van der Waals surface area contributed by atoms with Crippen LogP contribution in [0.1, 0.15) is 12.8 Å². The highest BCUT2D eigenvalue weighted by Crippen LogP contribution is 2.12. The molecular formula is C10H18Cl2N2. The molecule has 0 aromatic rings. The lowest BCUT2D eigenvalue weighted by atomic mass is 9.99. The quantitative estimate of drug-likeness (QED) is 0.806. The highest BCUT2D eigenvalue weighted by atomic mass is 35.5. The average molecular weight is 237 g/mol. The second-order valence-corrected chi connectivity index (χ2v) is 4.67. The van der Waals surface area contributed by atoms with Crippen LogP contribution in [0.2, 0.25) is 0 Å². The van der Waals surface area contributed by atoms with Crippen molar-refractivity contribution >= 4 is 23.2 Å². The first-order chi connectivity index (χ1) is 6.72. The minimum atomic E-state index is 0.706. The summed E-state index contributed by atoms with van der Waals surface area (Å²) >= 11 is 11.4. The fourth-order valence-electron chi connectivity index (χ4n) is 1.88. The Morgan fingerprint density at radius 1 is 1.64 bits per heavy atom. The van der Waals surface area contributed by atoms with E-state index in [-0.39, 0.29) is 0 Å². The molecule has 82 valence electrons. The molecule has 1 rings (SSSR count). The van der Waals surface area contributed by atoms with Crippen LogP contribution in [0.25, 0.3) is 0 Å². The molecule has 0 aliphatic carbocycles. The molecule has 0 saturated carbocycles. The Balaban J connectivity index is 2.21. The van der Waals surface area contributed by atoms with E-state index in [1.165, 1.54) is 24.9 Å². The van der Waals surface area contributed by atoms with E-state index in [4.69, 9.17) is 23.2 Å². The molecule has 1 atom stereocenters. The van der Waals surface area contributed by atoms with Crippen molar-refractivity contribution in [3.05, 3.63) is 10.6 Å². The summed E-state index contributed by atoms with van der Waals surface area (Å²) in [5.74, 6) is 0.758. The molecule has 0 aromatic heterocycles. The van der Waals surface area contributed by atoms with Gasteiger partial charge in [0.25, 0.3) is 0 Å². The molecule has 1 N–H and O–H groups in total. The van der Waals surface area contributed by atoms with Crippen molar-refractivity contribution in [1.29, 1.82) is 0 Å². The Labute approximate surface area is 96.2 Å². The Hall–Kier alpha value is 0.240. The average Bonchev–Trinajstić information content (AvgIpc) is 2.19. The lowest BCUT2D eigenvalue weighted by Gasteiger charge is -2.27. The van der Waals surface area contributed by atoms with Gasteiger partial charge in [0.1, 0.15) is 0 Å². The lowest BCUT2D eigenvalue weighted by molar-refractivity contribution is 0.258. The van der Waals surface area contributed by atoms with Crippen molar-refractivity contribution in [2.75, 3.05) is 33.2 Å². The van der Waals surface area contributed by atoms with Crippen LogP contribution in [0, 0.1) is 5.92 Å². The third-order valence-electron chi connectivity index (χ3n) is 2.51. The Bertz CT molecular complexity index is 189. The van der Waals surface area contributed by atoms with Gasteiger partial charge in [-0.2, -0.15) is 0 Å². The van der Waals surface area contributed by atoms with Crippen LogP contribution >= 0.6 is 23.2 Å². The molecule has 0 radical (unpaired) electrons. The minimum Gasteiger partial charge on any atom is -0.316 e. The fraction of sp³-hybridized carbons (Fsp3) is 0.800. The first kappa shape index (κ1) is 12.3. The number of hydrogen-bond acceptors (Lipinski definition) is 2. The second kappa shape index (κ2) is 6.67. The molecule has 0 spiro atoms. The van der Waals surface area contributed by atoms with E-state index in [9.17, 15) is 0 Å². The van der Waals surface area contributed by atoms with Gasteiger partial charge in [-0.05, 0) is 38.9 Å². The van der Waals surface area contributed by atoms with Crippen LogP contribution in [-0.4, -0.2) is 38.1 Å². The monoisotopic (exact) mass is 236 g/mol.